The lowest BCUT2D eigenvalue weighted by Crippen LogP contribution is -2.45. The average molecular weight is 854 g/mol. The van der Waals surface area contributed by atoms with E-state index in [0.717, 1.165) is 84.5 Å². The van der Waals surface area contributed by atoms with E-state index in [1.807, 2.05) is 0 Å². The lowest BCUT2D eigenvalue weighted by molar-refractivity contribution is 0.408. The van der Waals surface area contributed by atoms with Crippen molar-refractivity contribution in [1.29, 1.82) is 0 Å². The number of nitrogens with zero attached hydrogens (tertiary/aromatic N) is 3. The molecular weight excluding hydrogens is 807 g/mol. The van der Waals surface area contributed by atoms with Gasteiger partial charge in [-0.15, -0.1) is 0 Å². The van der Waals surface area contributed by atoms with Gasteiger partial charge in [-0.3, -0.25) is 5.32 Å². The van der Waals surface area contributed by atoms with Gasteiger partial charge < -0.3 is 25.8 Å². The smallest absolute Gasteiger partial charge is 0.131 e. The van der Waals surface area contributed by atoms with Gasteiger partial charge in [-0.05, 0) is 123 Å². The molecule has 3 heterocycles. The van der Waals surface area contributed by atoms with Gasteiger partial charge in [0, 0.05) is 16.9 Å². The maximum atomic E-state index is 5.61. The van der Waals surface area contributed by atoms with E-state index in [-0.39, 0.29) is 18.5 Å². The summed E-state index contributed by atoms with van der Waals surface area (Å²) >= 11 is 0. The Kier molecular flexibility index (Phi) is 10.1. The highest BCUT2D eigenvalue weighted by Gasteiger charge is 2.36. The number of hydrogen-bond acceptors (Lipinski definition) is 7. The maximum absolute atomic E-state index is 5.61. The molecule has 0 radical (unpaired) electrons. The van der Waals surface area contributed by atoms with E-state index in [1.165, 1.54) is 5.56 Å². The monoisotopic (exact) mass is 853 g/mol. The van der Waals surface area contributed by atoms with E-state index < -0.39 is 6.17 Å². The quantitative estimate of drug-likeness (QED) is 0.116. The molecule has 4 N–H and O–H groups in total. The molecule has 0 saturated carbocycles. The third-order valence-electron chi connectivity index (χ3n) is 12.9. The first-order chi connectivity index (χ1) is 32.7. The van der Waals surface area contributed by atoms with E-state index in [9.17, 15) is 0 Å². The molecule has 7 heteroatoms. The predicted molar refractivity (Wildman–Crippen MR) is 271 cm³/mol. The van der Waals surface area contributed by atoms with Gasteiger partial charge >= 0.3 is 0 Å². The van der Waals surface area contributed by atoms with Crippen LogP contribution in [0.3, 0.4) is 0 Å². The van der Waals surface area contributed by atoms with E-state index in [0.29, 0.717) is 0 Å². The van der Waals surface area contributed by atoms with Gasteiger partial charge in [-0.1, -0.05) is 158 Å². The summed E-state index contributed by atoms with van der Waals surface area (Å²) < 4.78 is 0. The predicted octanol–water partition coefficient (Wildman–Crippen LogP) is 13.9. The second-order valence-corrected chi connectivity index (χ2v) is 17.0. The number of rotatable bonds is 9. The highest BCUT2D eigenvalue weighted by Crippen LogP contribution is 2.49. The SMILES string of the molecule is c1ccc(-c2cccc(C3=NC(c4cc(C5Nc6ccccc6N5c5ccccc5)cc(C5Nc6ccccc6N5c5ccccc5)c4)NC(c4cccc(-c5ccccc5)c4)N3)c2)cc1. The van der Waals surface area contributed by atoms with Gasteiger partial charge in [0.05, 0.1) is 22.7 Å². The molecule has 4 unspecified atom stereocenters. The Hall–Kier alpha value is -8.39. The number of fused-ring (bicyclic) bond motifs is 2. The van der Waals surface area contributed by atoms with Crippen LogP contribution in [0, 0.1) is 0 Å². The van der Waals surface area contributed by atoms with Crippen molar-refractivity contribution in [2.45, 2.75) is 24.7 Å². The molecule has 0 saturated heterocycles. The largest absolute Gasteiger partial charge is 0.359 e. The van der Waals surface area contributed by atoms with Gasteiger partial charge in [0.2, 0.25) is 0 Å². The summed E-state index contributed by atoms with van der Waals surface area (Å²) in [6.45, 7) is 0. The summed E-state index contributed by atoms with van der Waals surface area (Å²) in [5.41, 5.74) is 16.8. The van der Waals surface area contributed by atoms with Crippen molar-refractivity contribution >= 4 is 40.0 Å². The van der Waals surface area contributed by atoms with Crippen LogP contribution in [0.25, 0.3) is 22.3 Å². The van der Waals surface area contributed by atoms with Crippen LogP contribution < -0.4 is 31.1 Å². The van der Waals surface area contributed by atoms with Gasteiger partial charge in [-0.25, -0.2) is 4.99 Å². The minimum absolute atomic E-state index is 0.205. The minimum Gasteiger partial charge on any atom is -0.359 e. The van der Waals surface area contributed by atoms with Crippen molar-refractivity contribution in [3.8, 4) is 22.3 Å². The molecule has 9 aromatic carbocycles. The fourth-order valence-electron chi connectivity index (χ4n) is 9.76. The molecule has 66 heavy (non-hydrogen) atoms. The molecule has 12 rings (SSSR count). The van der Waals surface area contributed by atoms with Gasteiger partial charge in [0.25, 0.3) is 0 Å². The molecule has 0 spiro atoms. The molecule has 9 aromatic rings. The van der Waals surface area contributed by atoms with Gasteiger partial charge in [-0.2, -0.15) is 0 Å². The summed E-state index contributed by atoms with van der Waals surface area (Å²) in [6.07, 6.45) is -1.09. The molecule has 0 fully saturated rings. The summed E-state index contributed by atoms with van der Waals surface area (Å²) in [5.74, 6) is 0.827. The second-order valence-electron chi connectivity index (χ2n) is 17.0. The molecular formula is C59H47N7. The Balaban J connectivity index is 1.03. The molecule has 318 valence electrons. The number of benzene rings is 9. The number of anilines is 6. The number of hydrogen-bond donors (Lipinski definition) is 4. The fraction of sp³-hybridized carbons (Fsp3) is 0.0678. The molecule has 0 amide bonds. The van der Waals surface area contributed by atoms with E-state index >= 15 is 0 Å². The average Bonchev–Trinajstić information content (AvgIpc) is 3.99. The first-order valence-corrected chi connectivity index (χ1v) is 22.7. The van der Waals surface area contributed by atoms with Crippen LogP contribution in [-0.4, -0.2) is 5.84 Å². The first kappa shape index (κ1) is 39.2. The number of amidine groups is 1. The highest BCUT2D eigenvalue weighted by atomic mass is 15.3. The zero-order valence-corrected chi connectivity index (χ0v) is 36.2. The summed E-state index contributed by atoms with van der Waals surface area (Å²) in [5, 5.41) is 15.7. The molecule has 4 atom stereocenters. The van der Waals surface area contributed by atoms with Crippen LogP contribution in [0.15, 0.2) is 242 Å². The second kappa shape index (κ2) is 17.0. The van der Waals surface area contributed by atoms with Crippen molar-refractivity contribution in [3.63, 3.8) is 0 Å². The van der Waals surface area contributed by atoms with Crippen LogP contribution in [0.2, 0.25) is 0 Å². The minimum atomic E-state index is -0.423. The van der Waals surface area contributed by atoms with Gasteiger partial charge in [0.1, 0.15) is 30.5 Å². The van der Waals surface area contributed by atoms with Crippen molar-refractivity contribution in [2.75, 3.05) is 20.4 Å². The Labute approximate surface area is 385 Å². The van der Waals surface area contributed by atoms with Crippen LogP contribution in [-0.2, 0) is 0 Å². The van der Waals surface area contributed by atoms with Crippen LogP contribution in [0.4, 0.5) is 34.1 Å². The Morgan fingerprint density at radius 2 is 0.773 bits per heavy atom. The van der Waals surface area contributed by atoms with Crippen molar-refractivity contribution in [3.05, 3.63) is 264 Å². The Morgan fingerprint density at radius 1 is 0.333 bits per heavy atom. The number of aliphatic imine (C=N–C) groups is 1. The summed E-state index contributed by atoms with van der Waals surface area (Å²) in [4.78, 5) is 10.4. The fourth-order valence-corrected chi connectivity index (χ4v) is 9.76. The third kappa shape index (κ3) is 7.41. The maximum Gasteiger partial charge on any atom is 0.131 e. The van der Waals surface area contributed by atoms with E-state index in [4.69, 9.17) is 4.99 Å². The zero-order valence-electron chi connectivity index (χ0n) is 36.2. The van der Waals surface area contributed by atoms with Crippen LogP contribution in [0.1, 0.15) is 52.5 Å². The van der Waals surface area contributed by atoms with Crippen LogP contribution in [0.5, 0.6) is 0 Å². The molecule has 0 aromatic heterocycles. The van der Waals surface area contributed by atoms with Crippen molar-refractivity contribution < 1.29 is 0 Å². The summed E-state index contributed by atoms with van der Waals surface area (Å²) in [6, 6.07) is 84.3. The first-order valence-electron chi connectivity index (χ1n) is 22.7. The highest BCUT2D eigenvalue weighted by molar-refractivity contribution is 6.00. The van der Waals surface area contributed by atoms with E-state index in [1.54, 1.807) is 0 Å². The molecule has 0 bridgehead atoms. The normalized spacial score (nSPS) is 18.3. The van der Waals surface area contributed by atoms with Crippen LogP contribution >= 0.6 is 0 Å². The Morgan fingerprint density at radius 3 is 1.33 bits per heavy atom. The topological polar surface area (TPSA) is 67.0 Å². The lowest BCUT2D eigenvalue weighted by Gasteiger charge is -2.34. The molecule has 7 nitrogen and oxygen atoms in total. The standard InChI is InChI=1S/C59H47N7/c1-5-19-40(20-6-1)42-23-17-25-44(35-42)55-62-56(45-26-18-24-43(36-45)41-21-7-2-8-22-41)64-57(63-55)46-37-47(58-60-51-31-13-15-33-53(51)65(58)49-27-9-3-10-28-49)39-48(38-46)59-61-52-32-14-16-34-54(52)66(59)50-29-11-4-12-30-50/h1-39,55,57-61,63H,(H,62,64). The number of nitrogens with one attached hydrogen (secondary N) is 4. The van der Waals surface area contributed by atoms with Crippen molar-refractivity contribution in [2.24, 2.45) is 4.99 Å². The molecule has 3 aliphatic rings. The zero-order chi connectivity index (χ0) is 43.8. The van der Waals surface area contributed by atoms with Crippen molar-refractivity contribution in [1.82, 2.24) is 10.6 Å². The third-order valence-corrected chi connectivity index (χ3v) is 12.9. The van der Waals surface area contributed by atoms with E-state index in [2.05, 4.69) is 268 Å². The van der Waals surface area contributed by atoms with Gasteiger partial charge in [0.15, 0.2) is 0 Å². The molecule has 0 aliphatic carbocycles. The number of para-hydroxylation sites is 6. The Bertz CT molecular complexity index is 3080. The molecule has 3 aliphatic heterocycles. The summed E-state index contributed by atoms with van der Waals surface area (Å²) in [7, 11) is 0. The lowest BCUT2D eigenvalue weighted by atomic mass is 9.97.